The minimum atomic E-state index is -0.506. The molecule has 1 unspecified atom stereocenters. The van der Waals surface area contributed by atoms with Gasteiger partial charge in [-0.15, -0.1) is 0 Å². The van der Waals surface area contributed by atoms with Gasteiger partial charge in [0.2, 0.25) is 0 Å². The molecule has 28 heavy (non-hydrogen) atoms. The summed E-state index contributed by atoms with van der Waals surface area (Å²) in [5.41, 5.74) is 0.352. The molecule has 1 saturated heterocycles. The van der Waals surface area contributed by atoms with E-state index in [1.54, 1.807) is 24.1 Å². The topological polar surface area (TPSA) is 88.8 Å². The summed E-state index contributed by atoms with van der Waals surface area (Å²) in [6, 6.07) is 4.76. The molecule has 0 N–H and O–H groups in total. The lowest BCUT2D eigenvalue weighted by atomic mass is 9.98. The molecule has 9 heteroatoms. The maximum atomic E-state index is 12.2. The number of aromatic nitrogens is 1. The van der Waals surface area contributed by atoms with Gasteiger partial charge in [0.05, 0.1) is 15.1 Å². The number of anilines is 1. The lowest BCUT2D eigenvalue weighted by molar-refractivity contribution is -0.384. The Balaban J connectivity index is 1.67. The van der Waals surface area contributed by atoms with Crippen LogP contribution in [0.2, 0.25) is 0 Å². The minimum Gasteiger partial charge on any atom is -0.444 e. The summed E-state index contributed by atoms with van der Waals surface area (Å²) in [5.74, 6) is 0.326. The molecule has 1 aliphatic rings. The lowest BCUT2D eigenvalue weighted by Crippen LogP contribution is -2.43. The largest absolute Gasteiger partial charge is 0.444 e. The van der Waals surface area contributed by atoms with Crippen molar-refractivity contribution < 1.29 is 14.5 Å². The van der Waals surface area contributed by atoms with Crippen LogP contribution in [-0.4, -0.2) is 53.2 Å². The van der Waals surface area contributed by atoms with Crippen molar-refractivity contribution in [1.82, 2.24) is 9.88 Å². The second kappa shape index (κ2) is 7.90. The van der Waals surface area contributed by atoms with Gasteiger partial charge in [-0.1, -0.05) is 11.3 Å². The summed E-state index contributed by atoms with van der Waals surface area (Å²) in [7, 11) is 1.77. The number of benzene rings is 1. The Kier molecular flexibility index (Phi) is 5.74. The minimum absolute atomic E-state index is 0.0817. The van der Waals surface area contributed by atoms with Gasteiger partial charge in [0.15, 0.2) is 5.13 Å². The van der Waals surface area contributed by atoms with Crippen LogP contribution >= 0.6 is 11.3 Å². The first-order chi connectivity index (χ1) is 13.1. The fourth-order valence-electron chi connectivity index (χ4n) is 3.34. The number of nitrogens with zero attached hydrogens (tertiary/aromatic N) is 4. The van der Waals surface area contributed by atoms with E-state index < -0.39 is 5.60 Å². The third-order valence-corrected chi connectivity index (χ3v) is 5.68. The fourth-order valence-corrected chi connectivity index (χ4v) is 4.37. The third-order valence-electron chi connectivity index (χ3n) is 4.60. The molecule has 152 valence electrons. The Morgan fingerprint density at radius 2 is 2.21 bits per heavy atom. The molecule has 8 nitrogen and oxygen atoms in total. The number of hydrogen-bond donors (Lipinski definition) is 0. The van der Waals surface area contributed by atoms with Crippen molar-refractivity contribution in [2.75, 3.05) is 31.6 Å². The van der Waals surface area contributed by atoms with Gasteiger partial charge < -0.3 is 14.5 Å². The highest BCUT2D eigenvalue weighted by atomic mass is 32.1. The SMILES string of the molecule is CN(CC1CCCN(c2nc3ccc([N+](=O)[O-])cc3s2)C1)C(=O)OC(C)(C)C. The normalized spacial score (nSPS) is 17.6. The number of ether oxygens (including phenoxy) is 1. The zero-order valence-electron chi connectivity index (χ0n) is 16.7. The van der Waals surface area contributed by atoms with E-state index in [9.17, 15) is 14.9 Å². The molecule has 0 bridgehead atoms. The highest BCUT2D eigenvalue weighted by Gasteiger charge is 2.27. The van der Waals surface area contributed by atoms with Gasteiger partial charge in [0, 0.05) is 38.8 Å². The Morgan fingerprint density at radius 3 is 2.89 bits per heavy atom. The van der Waals surface area contributed by atoms with E-state index in [0.29, 0.717) is 12.5 Å². The van der Waals surface area contributed by atoms with Crippen molar-refractivity contribution >= 4 is 38.5 Å². The zero-order chi connectivity index (χ0) is 20.5. The molecule has 1 fully saturated rings. The molecule has 1 aliphatic heterocycles. The zero-order valence-corrected chi connectivity index (χ0v) is 17.5. The van der Waals surface area contributed by atoms with Crippen LogP contribution in [0.3, 0.4) is 0 Å². The Labute approximate surface area is 168 Å². The summed E-state index contributed by atoms with van der Waals surface area (Å²) in [5, 5.41) is 11.9. The number of rotatable bonds is 4. The number of nitro benzene ring substituents is 1. The standard InChI is InChI=1S/C19H26N4O4S/c1-19(2,3)27-18(24)21(4)11-13-6-5-9-22(12-13)17-20-15-8-7-14(23(25)26)10-16(15)28-17/h7-8,10,13H,5-6,9,11-12H2,1-4H3. The van der Waals surface area contributed by atoms with Crippen molar-refractivity contribution in [3.05, 3.63) is 28.3 Å². The molecule has 3 rings (SSSR count). The Morgan fingerprint density at radius 1 is 1.46 bits per heavy atom. The van der Waals surface area contributed by atoms with Crippen LogP contribution in [0.1, 0.15) is 33.6 Å². The molecule has 0 radical (unpaired) electrons. The number of thiazole rings is 1. The third kappa shape index (κ3) is 4.89. The summed E-state index contributed by atoms with van der Waals surface area (Å²) >= 11 is 1.48. The molecule has 2 heterocycles. The molecular formula is C19H26N4O4S. The van der Waals surface area contributed by atoms with Crippen LogP contribution in [0, 0.1) is 16.0 Å². The van der Waals surface area contributed by atoms with E-state index in [1.807, 2.05) is 20.8 Å². The average Bonchev–Trinajstić information content (AvgIpc) is 3.03. The van der Waals surface area contributed by atoms with Crippen LogP contribution < -0.4 is 4.90 Å². The number of fused-ring (bicyclic) bond motifs is 1. The number of carbonyl (C=O) groups is 1. The highest BCUT2D eigenvalue weighted by Crippen LogP contribution is 2.33. The van der Waals surface area contributed by atoms with E-state index in [1.165, 1.54) is 17.4 Å². The van der Waals surface area contributed by atoms with Crippen LogP contribution in [0.5, 0.6) is 0 Å². The van der Waals surface area contributed by atoms with Gasteiger partial charge in [-0.25, -0.2) is 9.78 Å². The number of non-ortho nitro benzene ring substituents is 1. The first-order valence-electron chi connectivity index (χ1n) is 9.36. The van der Waals surface area contributed by atoms with Crippen LogP contribution in [0.25, 0.3) is 10.2 Å². The molecule has 1 atom stereocenters. The first-order valence-corrected chi connectivity index (χ1v) is 10.2. The second-order valence-corrected chi connectivity index (χ2v) is 9.23. The van der Waals surface area contributed by atoms with Crippen molar-refractivity contribution in [3.63, 3.8) is 0 Å². The van der Waals surface area contributed by atoms with Crippen molar-refractivity contribution in [3.8, 4) is 0 Å². The van der Waals surface area contributed by atoms with Gasteiger partial charge in [0.1, 0.15) is 5.60 Å². The average molecular weight is 407 g/mol. The van der Waals surface area contributed by atoms with Gasteiger partial charge in [-0.2, -0.15) is 0 Å². The van der Waals surface area contributed by atoms with Crippen LogP contribution in [0.15, 0.2) is 18.2 Å². The van der Waals surface area contributed by atoms with Crippen molar-refractivity contribution in [2.24, 2.45) is 5.92 Å². The predicted octanol–water partition coefficient (Wildman–Crippen LogP) is 4.29. The predicted molar refractivity (Wildman–Crippen MR) is 110 cm³/mol. The van der Waals surface area contributed by atoms with Crippen LogP contribution in [-0.2, 0) is 4.74 Å². The van der Waals surface area contributed by atoms with Crippen molar-refractivity contribution in [2.45, 2.75) is 39.2 Å². The molecule has 1 amide bonds. The van der Waals surface area contributed by atoms with Gasteiger partial charge in [-0.3, -0.25) is 10.1 Å². The molecule has 1 aromatic carbocycles. The number of carbonyl (C=O) groups excluding carboxylic acids is 1. The Bertz CT molecular complexity index is 876. The van der Waals surface area contributed by atoms with E-state index in [2.05, 4.69) is 9.88 Å². The van der Waals surface area contributed by atoms with E-state index >= 15 is 0 Å². The summed E-state index contributed by atoms with van der Waals surface area (Å²) in [4.78, 5) is 31.3. The van der Waals surface area contributed by atoms with Crippen LogP contribution in [0.4, 0.5) is 15.6 Å². The number of piperidine rings is 1. The number of hydrogen-bond acceptors (Lipinski definition) is 7. The Hall–Kier alpha value is -2.42. The monoisotopic (exact) mass is 406 g/mol. The molecule has 2 aromatic rings. The molecular weight excluding hydrogens is 380 g/mol. The maximum absolute atomic E-state index is 12.2. The summed E-state index contributed by atoms with van der Waals surface area (Å²) in [6.07, 6.45) is 1.75. The molecule has 1 aromatic heterocycles. The molecule has 0 saturated carbocycles. The van der Waals surface area contributed by atoms with Gasteiger partial charge in [-0.05, 0) is 45.6 Å². The molecule has 0 spiro atoms. The highest BCUT2D eigenvalue weighted by molar-refractivity contribution is 7.22. The molecule has 0 aliphatic carbocycles. The quantitative estimate of drug-likeness (QED) is 0.556. The number of amides is 1. The lowest BCUT2D eigenvalue weighted by Gasteiger charge is -2.35. The van der Waals surface area contributed by atoms with Crippen molar-refractivity contribution in [1.29, 1.82) is 0 Å². The number of nitro groups is 1. The van der Waals surface area contributed by atoms with E-state index in [-0.39, 0.29) is 16.7 Å². The first kappa shape index (κ1) is 20.3. The smallest absolute Gasteiger partial charge is 0.410 e. The second-order valence-electron chi connectivity index (χ2n) is 8.22. The summed E-state index contributed by atoms with van der Waals surface area (Å²) < 4.78 is 6.25. The fraction of sp³-hybridized carbons (Fsp3) is 0.579. The van der Waals surface area contributed by atoms with E-state index in [4.69, 9.17) is 4.74 Å². The maximum Gasteiger partial charge on any atom is 0.410 e. The van der Waals surface area contributed by atoms with E-state index in [0.717, 1.165) is 41.3 Å². The van der Waals surface area contributed by atoms with Gasteiger partial charge >= 0.3 is 6.09 Å². The van der Waals surface area contributed by atoms with Gasteiger partial charge in [0.25, 0.3) is 5.69 Å². The summed E-state index contributed by atoms with van der Waals surface area (Å²) in [6.45, 7) is 7.90.